The predicted octanol–water partition coefficient (Wildman–Crippen LogP) is 1.84. The summed E-state index contributed by atoms with van der Waals surface area (Å²) in [5.74, 6) is -0.854. The molecule has 1 aliphatic rings. The van der Waals surface area contributed by atoms with Crippen molar-refractivity contribution in [1.82, 2.24) is 5.32 Å². The summed E-state index contributed by atoms with van der Waals surface area (Å²) in [5, 5.41) is 1.89. The van der Waals surface area contributed by atoms with Gasteiger partial charge in [-0.25, -0.2) is 9.59 Å². The van der Waals surface area contributed by atoms with Crippen LogP contribution < -0.4 is 5.32 Å². The molecule has 1 amide bonds. The van der Waals surface area contributed by atoms with Crippen LogP contribution in [-0.2, 0) is 14.3 Å². The van der Waals surface area contributed by atoms with Crippen LogP contribution in [0.4, 0.5) is 4.79 Å². The van der Waals surface area contributed by atoms with Gasteiger partial charge in [0.15, 0.2) is 0 Å². The van der Waals surface area contributed by atoms with Gasteiger partial charge in [-0.05, 0) is 27.2 Å². The summed E-state index contributed by atoms with van der Waals surface area (Å²) in [7, 11) is 1.25. The van der Waals surface area contributed by atoms with E-state index in [0.29, 0.717) is 6.42 Å². The fourth-order valence-electron chi connectivity index (χ4n) is 1.54. The molecule has 0 heterocycles. The Hall–Kier alpha value is -0.780. The van der Waals surface area contributed by atoms with Crippen LogP contribution in [0.25, 0.3) is 0 Å². The number of hydrogen-bond acceptors (Lipinski definition) is 4. The average molecular weight is 310 g/mol. The molecule has 0 bridgehead atoms. The number of carbonyl (C=O) groups is 2. The lowest BCUT2D eigenvalue weighted by molar-refractivity contribution is -0.144. The Morgan fingerprint density at radius 1 is 1.59 bits per heavy atom. The molecular formula is C11H18BrNO4. The Bertz CT molecular complexity index is 355. The summed E-state index contributed by atoms with van der Waals surface area (Å²) in [5.41, 5.74) is -1.77. The summed E-state index contributed by atoms with van der Waals surface area (Å²) in [6.45, 7) is 5.21. The van der Waals surface area contributed by atoms with Crippen LogP contribution in [0.2, 0.25) is 0 Å². The highest BCUT2D eigenvalue weighted by Crippen LogP contribution is 2.45. The molecule has 6 heteroatoms. The van der Waals surface area contributed by atoms with Crippen LogP contribution >= 0.6 is 15.9 Å². The van der Waals surface area contributed by atoms with Gasteiger partial charge < -0.3 is 14.8 Å². The quantitative estimate of drug-likeness (QED) is 0.638. The van der Waals surface area contributed by atoms with Crippen molar-refractivity contribution in [3.63, 3.8) is 0 Å². The highest BCUT2D eigenvalue weighted by atomic mass is 79.9. The van der Waals surface area contributed by atoms with E-state index < -0.39 is 28.5 Å². The number of ether oxygens (including phenoxy) is 2. The van der Waals surface area contributed by atoms with E-state index in [-0.39, 0.29) is 5.92 Å². The fourth-order valence-corrected chi connectivity index (χ4v) is 2.18. The van der Waals surface area contributed by atoms with Gasteiger partial charge in [-0.2, -0.15) is 0 Å². The molecule has 1 saturated carbocycles. The van der Waals surface area contributed by atoms with Gasteiger partial charge in [0, 0.05) is 12.6 Å². The van der Waals surface area contributed by atoms with E-state index in [2.05, 4.69) is 26.0 Å². The van der Waals surface area contributed by atoms with Crippen molar-refractivity contribution < 1.29 is 20.4 Å². The number of alkyl carbamates (subject to hydrolysis) is 1. The lowest BCUT2D eigenvalue weighted by Crippen LogP contribution is -2.47. The number of esters is 1. The Labute approximate surface area is 111 Å². The topological polar surface area (TPSA) is 64.6 Å². The zero-order chi connectivity index (χ0) is 14.1. The van der Waals surface area contributed by atoms with Crippen LogP contribution in [0.15, 0.2) is 0 Å². The minimum Gasteiger partial charge on any atom is -0.467 e. The Balaban J connectivity index is 2.72. The molecule has 3 atom stereocenters. The zero-order valence-electron chi connectivity index (χ0n) is 11.4. The SMILES string of the molecule is [3H]C(Br)C1CC1(NC(=O)OC(C)(C)C)C(=O)OC. The molecule has 0 aromatic heterocycles. The van der Waals surface area contributed by atoms with Gasteiger partial charge in [0.2, 0.25) is 0 Å². The van der Waals surface area contributed by atoms with E-state index in [4.69, 9.17) is 6.11 Å². The number of rotatable bonds is 3. The molecule has 0 aliphatic heterocycles. The van der Waals surface area contributed by atoms with E-state index in [0.717, 1.165) is 0 Å². The van der Waals surface area contributed by atoms with Gasteiger partial charge in [0.1, 0.15) is 11.1 Å². The first-order valence-electron chi connectivity index (χ1n) is 5.86. The van der Waals surface area contributed by atoms with Gasteiger partial charge in [-0.3, -0.25) is 0 Å². The van der Waals surface area contributed by atoms with E-state index in [1.165, 1.54) is 7.11 Å². The summed E-state index contributed by atoms with van der Waals surface area (Å²) < 4.78 is 17.3. The smallest absolute Gasteiger partial charge is 0.408 e. The molecule has 0 spiro atoms. The molecule has 5 nitrogen and oxygen atoms in total. The number of carbonyl (C=O) groups excluding carboxylic acids is 2. The summed E-state index contributed by atoms with van der Waals surface area (Å²) in [6.07, 6.45) is -0.304. The van der Waals surface area contributed by atoms with Crippen LogP contribution in [-0.4, -0.2) is 35.6 Å². The number of hydrogen-bond donors (Lipinski definition) is 1. The largest absolute Gasteiger partial charge is 0.467 e. The minimum atomic E-state index is -1.13. The van der Waals surface area contributed by atoms with Crippen molar-refractivity contribution in [3.8, 4) is 0 Å². The van der Waals surface area contributed by atoms with Gasteiger partial charge in [-0.15, -0.1) is 0 Å². The summed E-state index contributed by atoms with van der Waals surface area (Å²) in [6, 6.07) is 0. The van der Waals surface area contributed by atoms with Gasteiger partial charge in [0.05, 0.1) is 7.11 Å². The van der Waals surface area contributed by atoms with Gasteiger partial charge in [-0.1, -0.05) is 15.9 Å². The van der Waals surface area contributed by atoms with Gasteiger partial charge >= 0.3 is 12.1 Å². The minimum absolute atomic E-state index is 0.308. The third kappa shape index (κ3) is 3.34. The van der Waals surface area contributed by atoms with Crippen molar-refractivity contribution >= 4 is 28.0 Å². The number of methoxy groups -OCH3 is 1. The Morgan fingerprint density at radius 2 is 2.18 bits per heavy atom. The molecule has 1 N–H and O–H groups in total. The maximum Gasteiger partial charge on any atom is 0.408 e. The van der Waals surface area contributed by atoms with Crippen LogP contribution in [0.3, 0.4) is 0 Å². The highest BCUT2D eigenvalue weighted by molar-refractivity contribution is 9.09. The van der Waals surface area contributed by atoms with Crippen molar-refractivity contribution in [1.29, 1.82) is 0 Å². The van der Waals surface area contributed by atoms with E-state index in [1.54, 1.807) is 20.8 Å². The van der Waals surface area contributed by atoms with Crippen LogP contribution in [0, 0.1) is 5.92 Å². The zero-order valence-corrected chi connectivity index (χ0v) is 12.0. The van der Waals surface area contributed by atoms with Crippen LogP contribution in [0.1, 0.15) is 28.6 Å². The third-order valence-corrected chi connectivity index (χ3v) is 3.08. The first kappa shape index (κ1) is 12.7. The molecule has 0 aromatic carbocycles. The molecule has 0 aromatic rings. The molecule has 3 unspecified atom stereocenters. The predicted molar refractivity (Wildman–Crippen MR) is 66.0 cm³/mol. The maximum atomic E-state index is 11.7. The standard InChI is InChI=1S/C11H18BrNO4/c1-10(2,3)17-9(15)13-11(8(14)16-4)5-7(11)6-12/h7H,5-6H2,1-4H3,(H,13,15)/i6T. The lowest BCUT2D eigenvalue weighted by atomic mass is 10.2. The first-order valence-corrected chi connectivity index (χ1v) is 6.20. The normalized spacial score (nSPS) is 29.9. The average Bonchev–Trinajstić information content (AvgIpc) is 2.89. The number of nitrogens with one attached hydrogen (secondary N) is 1. The second-order valence-corrected chi connectivity index (χ2v) is 5.56. The fraction of sp³-hybridized carbons (Fsp3) is 0.818. The molecular weight excluding hydrogens is 290 g/mol. The first-order chi connectivity index (χ1) is 8.12. The van der Waals surface area contributed by atoms with E-state index >= 15 is 0 Å². The lowest BCUT2D eigenvalue weighted by Gasteiger charge is -2.23. The molecule has 0 radical (unpaired) electrons. The number of halogens is 1. The number of amides is 1. The monoisotopic (exact) mass is 309 g/mol. The summed E-state index contributed by atoms with van der Waals surface area (Å²) >= 11 is 3.09. The molecule has 0 saturated heterocycles. The second-order valence-electron chi connectivity index (χ2n) is 5.03. The van der Waals surface area contributed by atoms with Crippen molar-refractivity contribution in [2.24, 2.45) is 5.92 Å². The third-order valence-electron chi connectivity index (χ3n) is 2.44. The summed E-state index contributed by atoms with van der Waals surface area (Å²) in [4.78, 5) is 23.4. The second kappa shape index (κ2) is 4.84. The maximum absolute atomic E-state index is 11.7. The van der Waals surface area contributed by atoms with Crippen LogP contribution in [0.5, 0.6) is 0 Å². The number of alkyl halides is 1. The van der Waals surface area contributed by atoms with Crippen molar-refractivity contribution in [3.05, 3.63) is 0 Å². The molecule has 17 heavy (non-hydrogen) atoms. The van der Waals surface area contributed by atoms with Gasteiger partial charge in [0.25, 0.3) is 0 Å². The van der Waals surface area contributed by atoms with E-state index in [1.807, 2.05) is 0 Å². The van der Waals surface area contributed by atoms with Crippen molar-refractivity contribution in [2.45, 2.75) is 38.3 Å². The van der Waals surface area contributed by atoms with Crippen molar-refractivity contribution in [2.75, 3.05) is 12.4 Å². The molecule has 98 valence electrons. The molecule has 1 rings (SSSR count). The Kier molecular flexibility index (Phi) is 3.61. The molecule has 1 aliphatic carbocycles. The van der Waals surface area contributed by atoms with E-state index in [9.17, 15) is 9.59 Å². The highest BCUT2D eigenvalue weighted by Gasteiger charge is 2.62. The Morgan fingerprint density at radius 3 is 2.53 bits per heavy atom. The molecule has 1 fully saturated rings.